The first-order valence-corrected chi connectivity index (χ1v) is 14.3. The van der Waals surface area contributed by atoms with E-state index in [9.17, 15) is 0 Å². The molecule has 198 valence electrons. The number of anilines is 3. The van der Waals surface area contributed by atoms with Gasteiger partial charge in [0.05, 0.1) is 5.69 Å². The summed E-state index contributed by atoms with van der Waals surface area (Å²) in [4.78, 5) is 2.31. The van der Waals surface area contributed by atoms with E-state index in [1.54, 1.807) is 0 Å². The Kier molecular flexibility index (Phi) is 5.82. The van der Waals surface area contributed by atoms with Gasteiger partial charge in [0.25, 0.3) is 0 Å². The summed E-state index contributed by atoms with van der Waals surface area (Å²) < 4.78 is 6.68. The van der Waals surface area contributed by atoms with Gasteiger partial charge in [-0.25, -0.2) is 0 Å². The zero-order valence-electron chi connectivity index (χ0n) is 22.9. The molecular weight excluding hydrogens is 510 g/mol. The molecule has 0 N–H and O–H groups in total. The molecule has 8 aromatic rings. The molecule has 2 nitrogen and oxygen atoms in total. The van der Waals surface area contributed by atoms with Crippen LogP contribution in [0.1, 0.15) is 0 Å². The van der Waals surface area contributed by atoms with Gasteiger partial charge in [0.2, 0.25) is 0 Å². The van der Waals surface area contributed by atoms with Gasteiger partial charge in [0, 0.05) is 22.1 Å². The summed E-state index contributed by atoms with van der Waals surface area (Å²) in [5.41, 5.74) is 9.66. The normalized spacial score (nSPS) is 11.3. The largest absolute Gasteiger partial charge is 0.454 e. The third-order valence-electron chi connectivity index (χ3n) is 8.05. The molecule has 0 unspecified atom stereocenters. The Hall–Kier alpha value is -5.60. The van der Waals surface area contributed by atoms with Crippen molar-refractivity contribution in [1.82, 2.24) is 0 Å². The number of furan rings is 1. The third-order valence-corrected chi connectivity index (χ3v) is 8.05. The van der Waals surface area contributed by atoms with Crippen LogP contribution in [0.2, 0.25) is 0 Å². The Morgan fingerprint density at radius 1 is 0.405 bits per heavy atom. The molecule has 0 spiro atoms. The first-order chi connectivity index (χ1) is 20.8. The van der Waals surface area contributed by atoms with Gasteiger partial charge in [-0.1, -0.05) is 127 Å². The Morgan fingerprint density at radius 3 is 1.81 bits per heavy atom. The number of rotatable bonds is 5. The number of nitrogens with zero attached hydrogens (tertiary/aromatic N) is 1. The van der Waals surface area contributed by atoms with Gasteiger partial charge in [-0.15, -0.1) is 0 Å². The van der Waals surface area contributed by atoms with E-state index in [0.29, 0.717) is 0 Å². The van der Waals surface area contributed by atoms with Crippen LogP contribution >= 0.6 is 0 Å². The van der Waals surface area contributed by atoms with Crippen molar-refractivity contribution in [3.05, 3.63) is 164 Å². The topological polar surface area (TPSA) is 16.4 Å². The molecule has 0 bridgehead atoms. The molecular formula is C40H27NO. The minimum absolute atomic E-state index is 0.876. The van der Waals surface area contributed by atoms with E-state index in [1.807, 2.05) is 0 Å². The smallest absolute Gasteiger partial charge is 0.159 e. The lowest BCUT2D eigenvalue weighted by molar-refractivity contribution is 0.669. The van der Waals surface area contributed by atoms with E-state index in [2.05, 4.69) is 169 Å². The highest BCUT2D eigenvalue weighted by Gasteiger charge is 2.20. The molecule has 0 aliphatic heterocycles. The van der Waals surface area contributed by atoms with Crippen LogP contribution < -0.4 is 4.90 Å². The SMILES string of the molecule is c1ccc(-c2ccc(N(c3cccc(-c4ccccc4)c3)c3cccc4c3oc3ccc5ccccc5c34)cc2)cc1. The number of fused-ring (bicyclic) bond motifs is 5. The van der Waals surface area contributed by atoms with Crippen LogP contribution in [0.5, 0.6) is 0 Å². The van der Waals surface area contributed by atoms with Crippen LogP contribution in [0.3, 0.4) is 0 Å². The molecule has 7 aromatic carbocycles. The van der Waals surface area contributed by atoms with Crippen LogP contribution in [0.15, 0.2) is 168 Å². The molecule has 0 saturated carbocycles. The van der Waals surface area contributed by atoms with Crippen molar-refractivity contribution in [2.45, 2.75) is 0 Å². The second-order valence-corrected chi connectivity index (χ2v) is 10.6. The first-order valence-electron chi connectivity index (χ1n) is 14.3. The summed E-state index contributed by atoms with van der Waals surface area (Å²) in [6.07, 6.45) is 0. The molecule has 0 aliphatic rings. The molecule has 1 aromatic heterocycles. The van der Waals surface area contributed by atoms with Crippen LogP contribution in [0.4, 0.5) is 17.1 Å². The number of hydrogen-bond donors (Lipinski definition) is 0. The van der Waals surface area contributed by atoms with Crippen molar-refractivity contribution < 1.29 is 4.42 Å². The highest BCUT2D eigenvalue weighted by atomic mass is 16.3. The first kappa shape index (κ1) is 24.2. The minimum atomic E-state index is 0.876. The van der Waals surface area contributed by atoms with Gasteiger partial charge in [-0.3, -0.25) is 0 Å². The van der Waals surface area contributed by atoms with E-state index in [0.717, 1.165) is 39.0 Å². The summed E-state index contributed by atoms with van der Waals surface area (Å²) in [6, 6.07) is 57.8. The van der Waals surface area contributed by atoms with Crippen molar-refractivity contribution >= 4 is 49.8 Å². The fraction of sp³-hybridized carbons (Fsp3) is 0. The summed E-state index contributed by atoms with van der Waals surface area (Å²) >= 11 is 0. The molecule has 1 heterocycles. The van der Waals surface area contributed by atoms with Gasteiger partial charge >= 0.3 is 0 Å². The summed E-state index contributed by atoms with van der Waals surface area (Å²) in [5, 5.41) is 4.68. The van der Waals surface area contributed by atoms with Gasteiger partial charge in [0.1, 0.15) is 5.58 Å². The summed E-state index contributed by atoms with van der Waals surface area (Å²) in [5.74, 6) is 0. The average molecular weight is 538 g/mol. The molecule has 0 radical (unpaired) electrons. The molecule has 42 heavy (non-hydrogen) atoms. The second kappa shape index (κ2) is 10.1. The highest BCUT2D eigenvalue weighted by Crippen LogP contribution is 2.44. The van der Waals surface area contributed by atoms with E-state index >= 15 is 0 Å². The van der Waals surface area contributed by atoms with Crippen molar-refractivity contribution in [3.63, 3.8) is 0 Å². The maximum atomic E-state index is 6.68. The maximum absolute atomic E-state index is 6.68. The van der Waals surface area contributed by atoms with E-state index < -0.39 is 0 Å². The zero-order chi connectivity index (χ0) is 27.9. The van der Waals surface area contributed by atoms with Crippen LogP contribution in [0.25, 0.3) is 55.0 Å². The molecule has 0 fully saturated rings. The predicted octanol–water partition coefficient (Wildman–Crippen LogP) is 11.5. The van der Waals surface area contributed by atoms with E-state index in [4.69, 9.17) is 4.42 Å². The monoisotopic (exact) mass is 537 g/mol. The summed E-state index contributed by atoms with van der Waals surface area (Å²) in [6.45, 7) is 0. The maximum Gasteiger partial charge on any atom is 0.159 e. The van der Waals surface area contributed by atoms with Crippen LogP contribution in [-0.4, -0.2) is 0 Å². The standard InChI is InChI=1S/C40H27NO/c1-3-11-28(12-4-1)30-21-24-33(25-22-30)41(34-17-9-16-32(27-34)29-13-5-2-6-14-29)37-20-10-19-36-39-35-18-8-7-15-31(35)23-26-38(39)42-40(36)37/h1-27H. The van der Waals surface area contributed by atoms with Gasteiger partial charge < -0.3 is 9.32 Å². The number of hydrogen-bond acceptors (Lipinski definition) is 2. The van der Waals surface area contributed by atoms with Crippen molar-refractivity contribution in [2.75, 3.05) is 4.90 Å². The van der Waals surface area contributed by atoms with Crippen molar-refractivity contribution in [3.8, 4) is 22.3 Å². The molecule has 8 rings (SSSR count). The van der Waals surface area contributed by atoms with Crippen molar-refractivity contribution in [2.24, 2.45) is 0 Å². The quantitative estimate of drug-likeness (QED) is 0.217. The van der Waals surface area contributed by atoms with Crippen LogP contribution in [0, 0.1) is 0 Å². The van der Waals surface area contributed by atoms with Gasteiger partial charge in [0.15, 0.2) is 5.58 Å². The lowest BCUT2D eigenvalue weighted by Gasteiger charge is -2.26. The number of benzene rings is 7. The minimum Gasteiger partial charge on any atom is -0.454 e. The average Bonchev–Trinajstić information content (AvgIpc) is 3.46. The number of para-hydroxylation sites is 1. The zero-order valence-corrected chi connectivity index (χ0v) is 22.9. The molecule has 2 heteroatoms. The molecule has 0 atom stereocenters. The lowest BCUT2D eigenvalue weighted by Crippen LogP contribution is -2.10. The lowest BCUT2D eigenvalue weighted by atomic mass is 10.0. The summed E-state index contributed by atoms with van der Waals surface area (Å²) in [7, 11) is 0. The van der Waals surface area contributed by atoms with Crippen molar-refractivity contribution in [1.29, 1.82) is 0 Å². The van der Waals surface area contributed by atoms with Gasteiger partial charge in [-0.2, -0.15) is 0 Å². The fourth-order valence-electron chi connectivity index (χ4n) is 6.05. The highest BCUT2D eigenvalue weighted by molar-refractivity contribution is 6.20. The molecule has 0 amide bonds. The molecule has 0 saturated heterocycles. The predicted molar refractivity (Wildman–Crippen MR) is 177 cm³/mol. The second-order valence-electron chi connectivity index (χ2n) is 10.6. The van der Waals surface area contributed by atoms with E-state index in [-0.39, 0.29) is 0 Å². The van der Waals surface area contributed by atoms with Gasteiger partial charge in [-0.05, 0) is 69.4 Å². The Bertz CT molecular complexity index is 2180. The fourth-order valence-corrected chi connectivity index (χ4v) is 6.05. The van der Waals surface area contributed by atoms with E-state index in [1.165, 1.54) is 33.0 Å². The van der Waals surface area contributed by atoms with Crippen LogP contribution in [-0.2, 0) is 0 Å². The third kappa shape index (κ3) is 4.13. The molecule has 0 aliphatic carbocycles. The Morgan fingerprint density at radius 2 is 1.02 bits per heavy atom. The Balaban J connectivity index is 1.35. The Labute approximate surface area is 244 Å².